The van der Waals surface area contributed by atoms with Crippen molar-refractivity contribution in [1.29, 1.82) is 0 Å². The molecule has 0 bridgehead atoms. The SMILES string of the molecule is CCOC1CCN(C(=O)NC(C)CCCC(=O)O)CC1. The zero-order valence-electron chi connectivity index (χ0n) is 12.4. The summed E-state index contributed by atoms with van der Waals surface area (Å²) in [5, 5.41) is 11.5. The van der Waals surface area contributed by atoms with E-state index in [-0.39, 0.29) is 24.6 Å². The fraction of sp³-hybridized carbons (Fsp3) is 0.857. The van der Waals surface area contributed by atoms with Crippen LogP contribution < -0.4 is 5.32 Å². The standard InChI is InChI=1S/C14H26N2O4/c1-3-20-12-7-9-16(10-8-12)14(19)15-11(2)5-4-6-13(17)18/h11-12H,3-10H2,1-2H3,(H,15,19)(H,17,18). The second-order valence-electron chi connectivity index (χ2n) is 5.28. The van der Waals surface area contributed by atoms with E-state index >= 15 is 0 Å². The lowest BCUT2D eigenvalue weighted by Gasteiger charge is -2.32. The highest BCUT2D eigenvalue weighted by atomic mass is 16.5. The molecule has 1 heterocycles. The van der Waals surface area contributed by atoms with Crippen molar-refractivity contribution >= 4 is 12.0 Å². The number of carboxylic acids is 1. The molecular formula is C14H26N2O4. The van der Waals surface area contributed by atoms with Crippen LogP contribution in [0.2, 0.25) is 0 Å². The Morgan fingerprint density at radius 3 is 2.60 bits per heavy atom. The normalized spacial score (nSPS) is 17.8. The predicted molar refractivity (Wildman–Crippen MR) is 75.7 cm³/mol. The number of rotatable bonds is 7. The highest BCUT2D eigenvalue weighted by Crippen LogP contribution is 2.14. The van der Waals surface area contributed by atoms with Crippen LogP contribution in [0.3, 0.4) is 0 Å². The van der Waals surface area contributed by atoms with Crippen LogP contribution in [0.1, 0.15) is 46.0 Å². The molecule has 6 heteroatoms. The van der Waals surface area contributed by atoms with E-state index in [0.29, 0.717) is 12.8 Å². The number of carbonyl (C=O) groups excluding carboxylic acids is 1. The largest absolute Gasteiger partial charge is 0.481 e. The van der Waals surface area contributed by atoms with E-state index in [0.717, 1.165) is 32.5 Å². The smallest absolute Gasteiger partial charge is 0.317 e. The van der Waals surface area contributed by atoms with Gasteiger partial charge in [-0.05, 0) is 39.5 Å². The van der Waals surface area contributed by atoms with Crippen LogP contribution in [-0.4, -0.2) is 53.8 Å². The molecule has 1 aliphatic heterocycles. The lowest BCUT2D eigenvalue weighted by Crippen LogP contribution is -2.48. The van der Waals surface area contributed by atoms with Gasteiger partial charge in [0, 0.05) is 32.2 Å². The van der Waals surface area contributed by atoms with Gasteiger partial charge in [0.1, 0.15) is 0 Å². The average molecular weight is 286 g/mol. The Balaban J connectivity index is 2.20. The van der Waals surface area contributed by atoms with Gasteiger partial charge in [-0.3, -0.25) is 4.79 Å². The van der Waals surface area contributed by atoms with Crippen LogP contribution in [0.15, 0.2) is 0 Å². The van der Waals surface area contributed by atoms with E-state index in [2.05, 4.69) is 5.32 Å². The first-order chi connectivity index (χ1) is 9.52. The van der Waals surface area contributed by atoms with Gasteiger partial charge in [0.2, 0.25) is 0 Å². The number of urea groups is 1. The molecule has 0 aliphatic carbocycles. The van der Waals surface area contributed by atoms with Crippen LogP contribution in [0, 0.1) is 0 Å². The van der Waals surface area contributed by atoms with E-state index < -0.39 is 5.97 Å². The van der Waals surface area contributed by atoms with Crippen LogP contribution in [-0.2, 0) is 9.53 Å². The quantitative estimate of drug-likeness (QED) is 0.748. The lowest BCUT2D eigenvalue weighted by atomic mass is 10.1. The van der Waals surface area contributed by atoms with Crippen LogP contribution in [0.5, 0.6) is 0 Å². The van der Waals surface area contributed by atoms with Gasteiger partial charge in [-0.1, -0.05) is 0 Å². The highest BCUT2D eigenvalue weighted by Gasteiger charge is 2.23. The maximum atomic E-state index is 12.0. The maximum absolute atomic E-state index is 12.0. The number of likely N-dealkylation sites (tertiary alicyclic amines) is 1. The summed E-state index contributed by atoms with van der Waals surface area (Å²) in [7, 11) is 0. The van der Waals surface area contributed by atoms with Gasteiger partial charge in [0.05, 0.1) is 6.10 Å². The van der Waals surface area contributed by atoms with Gasteiger partial charge < -0.3 is 20.1 Å². The number of carbonyl (C=O) groups is 2. The molecule has 1 saturated heterocycles. The molecule has 6 nitrogen and oxygen atoms in total. The molecule has 20 heavy (non-hydrogen) atoms. The number of hydrogen-bond acceptors (Lipinski definition) is 3. The van der Waals surface area contributed by atoms with Crippen molar-refractivity contribution in [2.45, 2.75) is 58.1 Å². The third-order valence-corrected chi connectivity index (χ3v) is 3.53. The summed E-state index contributed by atoms with van der Waals surface area (Å²) in [4.78, 5) is 24.3. The molecule has 0 aromatic heterocycles. The fourth-order valence-corrected chi connectivity index (χ4v) is 2.39. The topological polar surface area (TPSA) is 78.9 Å². The Hall–Kier alpha value is -1.30. The summed E-state index contributed by atoms with van der Waals surface area (Å²) in [5.74, 6) is -0.790. The number of piperidine rings is 1. The summed E-state index contributed by atoms with van der Waals surface area (Å²) in [6.45, 7) is 6.05. The number of aliphatic carboxylic acids is 1. The minimum absolute atomic E-state index is 0.00599. The second-order valence-corrected chi connectivity index (χ2v) is 5.28. The first-order valence-electron chi connectivity index (χ1n) is 7.41. The van der Waals surface area contributed by atoms with Crippen LogP contribution >= 0.6 is 0 Å². The third-order valence-electron chi connectivity index (χ3n) is 3.53. The summed E-state index contributed by atoms with van der Waals surface area (Å²) in [6.07, 6.45) is 3.47. The Labute approximate surface area is 120 Å². The first kappa shape index (κ1) is 16.8. The number of amides is 2. The van der Waals surface area contributed by atoms with Gasteiger partial charge in [-0.2, -0.15) is 0 Å². The number of carboxylic acid groups (broad SMARTS) is 1. The Kier molecular flexibility index (Phi) is 7.36. The van der Waals surface area contributed by atoms with Gasteiger partial charge in [-0.15, -0.1) is 0 Å². The molecule has 0 aromatic rings. The summed E-state index contributed by atoms with van der Waals surface area (Å²) in [6, 6.07) is -0.0470. The van der Waals surface area contributed by atoms with E-state index in [9.17, 15) is 9.59 Å². The summed E-state index contributed by atoms with van der Waals surface area (Å²) < 4.78 is 5.55. The van der Waals surface area contributed by atoms with Crippen LogP contribution in [0.4, 0.5) is 4.79 Å². The predicted octanol–water partition coefficient (Wildman–Crippen LogP) is 1.84. The van der Waals surface area contributed by atoms with E-state index in [1.165, 1.54) is 0 Å². The lowest BCUT2D eigenvalue weighted by molar-refractivity contribution is -0.137. The molecule has 1 unspecified atom stereocenters. The van der Waals surface area contributed by atoms with Crippen molar-refractivity contribution in [2.24, 2.45) is 0 Å². The fourth-order valence-electron chi connectivity index (χ4n) is 2.39. The average Bonchev–Trinajstić information content (AvgIpc) is 2.39. The number of nitrogens with one attached hydrogen (secondary N) is 1. The van der Waals surface area contributed by atoms with Crippen molar-refractivity contribution in [1.82, 2.24) is 10.2 Å². The van der Waals surface area contributed by atoms with Gasteiger partial charge in [0.15, 0.2) is 0 Å². The molecular weight excluding hydrogens is 260 g/mol. The second kappa shape index (κ2) is 8.79. The molecule has 2 amide bonds. The molecule has 0 radical (unpaired) electrons. The minimum Gasteiger partial charge on any atom is -0.481 e. The first-order valence-corrected chi connectivity index (χ1v) is 7.41. The molecule has 116 valence electrons. The molecule has 1 aliphatic rings. The Morgan fingerprint density at radius 1 is 1.40 bits per heavy atom. The monoisotopic (exact) mass is 286 g/mol. The van der Waals surface area contributed by atoms with Crippen molar-refractivity contribution in [3.05, 3.63) is 0 Å². The number of ether oxygens (including phenoxy) is 1. The van der Waals surface area contributed by atoms with Crippen molar-refractivity contribution in [2.75, 3.05) is 19.7 Å². The molecule has 1 rings (SSSR count). The molecule has 0 spiro atoms. The van der Waals surface area contributed by atoms with Gasteiger partial charge in [-0.25, -0.2) is 4.79 Å². The van der Waals surface area contributed by atoms with E-state index in [1.807, 2.05) is 18.7 Å². The van der Waals surface area contributed by atoms with Crippen LogP contribution in [0.25, 0.3) is 0 Å². The molecule has 1 fully saturated rings. The number of hydrogen-bond donors (Lipinski definition) is 2. The molecule has 0 saturated carbocycles. The summed E-state index contributed by atoms with van der Waals surface area (Å²) in [5.41, 5.74) is 0. The number of nitrogens with zero attached hydrogens (tertiary/aromatic N) is 1. The highest BCUT2D eigenvalue weighted by molar-refractivity contribution is 5.74. The third kappa shape index (κ3) is 6.23. The minimum atomic E-state index is -0.790. The Bertz CT molecular complexity index is 314. The van der Waals surface area contributed by atoms with E-state index in [1.54, 1.807) is 0 Å². The molecule has 1 atom stereocenters. The van der Waals surface area contributed by atoms with Crippen molar-refractivity contribution in [3.63, 3.8) is 0 Å². The molecule has 2 N–H and O–H groups in total. The zero-order valence-corrected chi connectivity index (χ0v) is 12.4. The summed E-state index contributed by atoms with van der Waals surface area (Å²) >= 11 is 0. The van der Waals surface area contributed by atoms with Gasteiger partial charge >= 0.3 is 12.0 Å². The van der Waals surface area contributed by atoms with E-state index in [4.69, 9.17) is 9.84 Å². The zero-order chi connectivity index (χ0) is 15.0. The maximum Gasteiger partial charge on any atom is 0.317 e. The van der Waals surface area contributed by atoms with Gasteiger partial charge in [0.25, 0.3) is 0 Å². The van der Waals surface area contributed by atoms with Crippen molar-refractivity contribution < 1.29 is 19.4 Å². The Morgan fingerprint density at radius 2 is 2.05 bits per heavy atom. The van der Waals surface area contributed by atoms with Crippen molar-refractivity contribution in [3.8, 4) is 0 Å². The molecule has 0 aromatic carbocycles.